The topological polar surface area (TPSA) is 89.6 Å². The summed E-state index contributed by atoms with van der Waals surface area (Å²) in [6.07, 6.45) is 0.0153. The summed E-state index contributed by atoms with van der Waals surface area (Å²) in [6.45, 7) is 4.51. The van der Waals surface area contributed by atoms with Crippen molar-refractivity contribution in [2.75, 3.05) is 20.3 Å². The predicted molar refractivity (Wildman–Crippen MR) is 114 cm³/mol. The molecule has 3 aromatic rings. The Hall–Kier alpha value is -3.48. The lowest BCUT2D eigenvalue weighted by atomic mass is 10.0. The molecule has 0 spiro atoms. The maximum atomic E-state index is 12.9. The minimum absolute atomic E-state index is 0.0153. The van der Waals surface area contributed by atoms with Gasteiger partial charge in [-0.15, -0.1) is 0 Å². The van der Waals surface area contributed by atoms with Crippen LogP contribution in [0.15, 0.2) is 48.5 Å². The summed E-state index contributed by atoms with van der Waals surface area (Å²) in [4.78, 5) is 28.2. The summed E-state index contributed by atoms with van der Waals surface area (Å²) in [5.41, 5.74) is 1.95. The smallest absolute Gasteiger partial charge is 0.308 e. The third-order valence-corrected chi connectivity index (χ3v) is 4.63. The zero-order chi connectivity index (χ0) is 21.5. The van der Waals surface area contributed by atoms with E-state index < -0.39 is 6.04 Å². The third kappa shape index (κ3) is 5.11. The average Bonchev–Trinajstić information content (AvgIpc) is 3.17. The Morgan fingerprint density at radius 1 is 1.03 bits per heavy atom. The second-order valence-corrected chi connectivity index (χ2v) is 6.68. The molecule has 2 N–H and O–H groups in total. The fraction of sp³-hybridized carbons (Fsp3) is 0.304. The normalized spacial score (nSPS) is 11.7. The first-order valence-electron chi connectivity index (χ1n) is 9.90. The second kappa shape index (κ2) is 9.82. The maximum Gasteiger partial charge on any atom is 0.308 e. The van der Waals surface area contributed by atoms with Gasteiger partial charge in [-0.3, -0.25) is 9.59 Å². The van der Waals surface area contributed by atoms with Gasteiger partial charge in [0.15, 0.2) is 0 Å². The number of rotatable bonds is 9. The lowest BCUT2D eigenvalue weighted by molar-refractivity contribution is -0.143. The number of esters is 1. The summed E-state index contributed by atoms with van der Waals surface area (Å²) in [6, 6.07) is 14.1. The van der Waals surface area contributed by atoms with Crippen molar-refractivity contribution in [3.63, 3.8) is 0 Å². The van der Waals surface area contributed by atoms with Gasteiger partial charge in [0.25, 0.3) is 5.91 Å². The first-order chi connectivity index (χ1) is 14.5. The van der Waals surface area contributed by atoms with Gasteiger partial charge in [0.05, 0.1) is 32.8 Å². The fourth-order valence-electron chi connectivity index (χ4n) is 3.22. The van der Waals surface area contributed by atoms with Crippen molar-refractivity contribution in [1.29, 1.82) is 0 Å². The van der Waals surface area contributed by atoms with Crippen LogP contribution in [0, 0.1) is 0 Å². The van der Waals surface area contributed by atoms with Crippen LogP contribution < -0.4 is 14.8 Å². The minimum atomic E-state index is -0.558. The van der Waals surface area contributed by atoms with Gasteiger partial charge in [0, 0.05) is 17.0 Å². The molecule has 1 aromatic heterocycles. The number of H-pyrrole nitrogens is 1. The van der Waals surface area contributed by atoms with E-state index in [1.807, 2.05) is 37.3 Å². The summed E-state index contributed by atoms with van der Waals surface area (Å²) in [7, 11) is 1.57. The Morgan fingerprint density at radius 2 is 1.87 bits per heavy atom. The van der Waals surface area contributed by atoms with Crippen LogP contribution in [0.4, 0.5) is 0 Å². The van der Waals surface area contributed by atoms with E-state index in [9.17, 15) is 9.59 Å². The molecule has 0 aliphatic carbocycles. The molecule has 7 nitrogen and oxygen atoms in total. The number of fused-ring (bicyclic) bond motifs is 1. The van der Waals surface area contributed by atoms with Crippen LogP contribution in [0.2, 0.25) is 0 Å². The van der Waals surface area contributed by atoms with E-state index in [1.165, 1.54) is 0 Å². The Kier molecular flexibility index (Phi) is 6.95. The van der Waals surface area contributed by atoms with Gasteiger partial charge in [0.2, 0.25) is 0 Å². The molecular weight excluding hydrogens is 384 g/mol. The molecule has 1 unspecified atom stereocenters. The van der Waals surface area contributed by atoms with Gasteiger partial charge in [0.1, 0.15) is 17.2 Å². The van der Waals surface area contributed by atoms with E-state index >= 15 is 0 Å². The molecular formula is C23H26N2O5. The summed E-state index contributed by atoms with van der Waals surface area (Å²) < 4.78 is 15.9. The number of hydrogen-bond donors (Lipinski definition) is 2. The zero-order valence-electron chi connectivity index (χ0n) is 17.4. The maximum absolute atomic E-state index is 12.9. The molecule has 0 bridgehead atoms. The molecule has 0 aliphatic heterocycles. The van der Waals surface area contributed by atoms with Crippen molar-refractivity contribution in [3.05, 3.63) is 59.8 Å². The molecule has 1 amide bonds. The molecule has 7 heteroatoms. The van der Waals surface area contributed by atoms with Crippen molar-refractivity contribution in [1.82, 2.24) is 10.3 Å². The van der Waals surface area contributed by atoms with Gasteiger partial charge < -0.3 is 24.5 Å². The van der Waals surface area contributed by atoms with E-state index in [4.69, 9.17) is 14.2 Å². The van der Waals surface area contributed by atoms with Crippen molar-refractivity contribution >= 4 is 22.8 Å². The van der Waals surface area contributed by atoms with Gasteiger partial charge in [-0.05, 0) is 49.7 Å². The molecule has 0 fully saturated rings. The predicted octanol–water partition coefficient (Wildman–Crippen LogP) is 4.00. The summed E-state index contributed by atoms with van der Waals surface area (Å²) in [5.74, 6) is 0.671. The molecule has 1 atom stereocenters. The highest BCUT2D eigenvalue weighted by molar-refractivity contribution is 5.98. The van der Waals surface area contributed by atoms with Crippen LogP contribution in [0.25, 0.3) is 10.9 Å². The highest BCUT2D eigenvalue weighted by atomic mass is 16.5. The molecule has 0 saturated carbocycles. The van der Waals surface area contributed by atoms with Gasteiger partial charge in [-0.1, -0.05) is 12.1 Å². The number of carbonyl (C=O) groups is 2. The standard InChI is InChI=1S/C23H26N2O5/c1-4-29-18-10-9-16-12-21(24-19(16)13-18)23(27)25-20(14-22(26)30-5-2)15-7-6-8-17(11-15)28-3/h6-13,20,24H,4-5,14H2,1-3H3,(H,25,27). The number of carbonyl (C=O) groups excluding carboxylic acids is 2. The molecule has 0 saturated heterocycles. The molecule has 1 heterocycles. The summed E-state index contributed by atoms with van der Waals surface area (Å²) >= 11 is 0. The van der Waals surface area contributed by atoms with Crippen LogP contribution in [0.1, 0.15) is 42.4 Å². The molecule has 2 aromatic carbocycles. The molecule has 158 valence electrons. The number of nitrogens with one attached hydrogen (secondary N) is 2. The lowest BCUT2D eigenvalue weighted by Gasteiger charge is -2.19. The first kappa shape index (κ1) is 21.2. The van der Waals surface area contributed by atoms with E-state index in [0.29, 0.717) is 18.1 Å². The van der Waals surface area contributed by atoms with E-state index in [-0.39, 0.29) is 24.9 Å². The van der Waals surface area contributed by atoms with Crippen LogP contribution in [-0.2, 0) is 9.53 Å². The fourth-order valence-corrected chi connectivity index (χ4v) is 3.22. The number of amides is 1. The zero-order valence-corrected chi connectivity index (χ0v) is 17.4. The van der Waals surface area contributed by atoms with E-state index in [0.717, 1.165) is 22.2 Å². The largest absolute Gasteiger partial charge is 0.497 e. The number of methoxy groups -OCH3 is 1. The molecule has 0 aliphatic rings. The van der Waals surface area contributed by atoms with Gasteiger partial charge in [-0.2, -0.15) is 0 Å². The Morgan fingerprint density at radius 3 is 2.60 bits per heavy atom. The van der Waals surface area contributed by atoms with Crippen molar-refractivity contribution in [2.45, 2.75) is 26.3 Å². The second-order valence-electron chi connectivity index (χ2n) is 6.68. The number of benzene rings is 2. The molecule has 30 heavy (non-hydrogen) atoms. The molecule has 0 radical (unpaired) electrons. The van der Waals surface area contributed by atoms with Crippen LogP contribution in [-0.4, -0.2) is 37.2 Å². The Bertz CT molecular complexity index is 1030. The van der Waals surface area contributed by atoms with Crippen LogP contribution >= 0.6 is 0 Å². The van der Waals surface area contributed by atoms with Gasteiger partial charge >= 0.3 is 5.97 Å². The number of hydrogen-bond acceptors (Lipinski definition) is 5. The quantitative estimate of drug-likeness (QED) is 0.521. The van der Waals surface area contributed by atoms with Crippen LogP contribution in [0.5, 0.6) is 11.5 Å². The SMILES string of the molecule is CCOC(=O)CC(NC(=O)c1cc2ccc(OCC)cc2[nH]1)c1cccc(OC)c1. The van der Waals surface area contributed by atoms with Crippen molar-refractivity contribution < 1.29 is 23.8 Å². The van der Waals surface area contributed by atoms with E-state index in [2.05, 4.69) is 10.3 Å². The Labute approximate surface area is 175 Å². The number of aromatic nitrogens is 1. The number of ether oxygens (including phenoxy) is 3. The summed E-state index contributed by atoms with van der Waals surface area (Å²) in [5, 5.41) is 3.83. The molecule has 3 rings (SSSR count). The van der Waals surface area contributed by atoms with Crippen molar-refractivity contribution in [3.8, 4) is 11.5 Å². The highest BCUT2D eigenvalue weighted by Gasteiger charge is 2.21. The number of aromatic amines is 1. The average molecular weight is 410 g/mol. The third-order valence-electron chi connectivity index (χ3n) is 4.63. The van der Waals surface area contributed by atoms with E-state index in [1.54, 1.807) is 32.2 Å². The lowest BCUT2D eigenvalue weighted by Crippen LogP contribution is -2.31. The minimum Gasteiger partial charge on any atom is -0.497 e. The van der Waals surface area contributed by atoms with Crippen LogP contribution in [0.3, 0.4) is 0 Å². The van der Waals surface area contributed by atoms with Gasteiger partial charge in [-0.25, -0.2) is 0 Å². The monoisotopic (exact) mass is 410 g/mol. The Balaban J connectivity index is 1.84. The highest BCUT2D eigenvalue weighted by Crippen LogP contribution is 2.25. The van der Waals surface area contributed by atoms with Crippen molar-refractivity contribution in [2.24, 2.45) is 0 Å². The first-order valence-corrected chi connectivity index (χ1v) is 9.90.